The minimum atomic E-state index is -0.140. The van der Waals surface area contributed by atoms with Crippen LogP contribution >= 0.6 is 0 Å². The van der Waals surface area contributed by atoms with E-state index in [0.29, 0.717) is 0 Å². The van der Waals surface area contributed by atoms with Crippen molar-refractivity contribution in [2.45, 2.75) is 45.8 Å². The van der Waals surface area contributed by atoms with Gasteiger partial charge in [0.1, 0.15) is 0 Å². The summed E-state index contributed by atoms with van der Waals surface area (Å²) in [5, 5.41) is 12.7. The highest BCUT2D eigenvalue weighted by atomic mass is 16.3. The topological polar surface area (TPSA) is 45.1 Å². The second kappa shape index (κ2) is 7.36. The van der Waals surface area contributed by atoms with E-state index < -0.39 is 0 Å². The maximum Gasteiger partial charge on any atom is 0.0541 e. The summed E-state index contributed by atoms with van der Waals surface area (Å²) < 4.78 is 0. The van der Waals surface area contributed by atoms with Crippen LogP contribution in [0.2, 0.25) is 0 Å². The average Bonchev–Trinajstić information content (AvgIpc) is 2.31. The molecule has 0 aromatic carbocycles. The fourth-order valence-corrected chi connectivity index (χ4v) is 1.49. The molecule has 0 amide bonds. The molecule has 3 nitrogen and oxygen atoms in total. The number of aromatic nitrogens is 1. The van der Waals surface area contributed by atoms with Gasteiger partial charge in [0, 0.05) is 12.7 Å². The van der Waals surface area contributed by atoms with Gasteiger partial charge in [-0.1, -0.05) is 13.0 Å². The number of pyridine rings is 1. The van der Waals surface area contributed by atoms with Crippen LogP contribution in [-0.2, 0) is 6.54 Å². The van der Waals surface area contributed by atoms with E-state index in [1.54, 1.807) is 0 Å². The Bertz CT molecular complexity index is 284. The van der Waals surface area contributed by atoms with Crippen LogP contribution in [0.15, 0.2) is 18.3 Å². The smallest absolute Gasteiger partial charge is 0.0541 e. The summed E-state index contributed by atoms with van der Waals surface area (Å²) in [7, 11) is 0. The van der Waals surface area contributed by atoms with Crippen LogP contribution in [-0.4, -0.2) is 22.7 Å². The van der Waals surface area contributed by atoms with E-state index in [2.05, 4.69) is 16.4 Å². The molecule has 16 heavy (non-hydrogen) atoms. The van der Waals surface area contributed by atoms with Gasteiger partial charge in [-0.05, 0) is 44.4 Å². The molecular weight excluding hydrogens is 200 g/mol. The van der Waals surface area contributed by atoms with Gasteiger partial charge in [-0.25, -0.2) is 0 Å². The molecule has 1 aromatic heterocycles. The predicted molar refractivity (Wildman–Crippen MR) is 66.2 cm³/mol. The molecule has 0 radical (unpaired) electrons. The van der Waals surface area contributed by atoms with Crippen LogP contribution in [0.5, 0.6) is 0 Å². The zero-order valence-corrected chi connectivity index (χ0v) is 10.2. The molecule has 1 rings (SSSR count). The summed E-state index contributed by atoms with van der Waals surface area (Å²) in [5.74, 6) is 0. The largest absolute Gasteiger partial charge is 0.393 e. The van der Waals surface area contributed by atoms with E-state index in [-0.39, 0.29) is 6.10 Å². The van der Waals surface area contributed by atoms with E-state index in [4.69, 9.17) is 0 Å². The molecular formula is C13H22N2O. The summed E-state index contributed by atoms with van der Waals surface area (Å²) in [6, 6.07) is 4.12. The molecule has 0 aliphatic carbocycles. The Morgan fingerprint density at radius 1 is 1.44 bits per heavy atom. The molecule has 0 fully saturated rings. The number of aliphatic hydroxyl groups excluding tert-OH is 1. The summed E-state index contributed by atoms with van der Waals surface area (Å²) in [5.41, 5.74) is 2.26. The van der Waals surface area contributed by atoms with Crippen molar-refractivity contribution in [3.63, 3.8) is 0 Å². The fourth-order valence-electron chi connectivity index (χ4n) is 1.49. The molecule has 90 valence electrons. The predicted octanol–water partition coefficient (Wildman–Crippen LogP) is 2.03. The summed E-state index contributed by atoms with van der Waals surface area (Å²) in [6.45, 7) is 5.79. The average molecular weight is 222 g/mol. The highest BCUT2D eigenvalue weighted by molar-refractivity contribution is 5.11. The van der Waals surface area contributed by atoms with E-state index in [1.165, 1.54) is 5.56 Å². The van der Waals surface area contributed by atoms with Crippen LogP contribution in [0, 0.1) is 6.92 Å². The van der Waals surface area contributed by atoms with Crippen LogP contribution in [0.25, 0.3) is 0 Å². The fraction of sp³-hybridized carbons (Fsp3) is 0.615. The first-order chi connectivity index (χ1) is 7.72. The number of nitrogens with zero attached hydrogens (tertiary/aromatic N) is 1. The molecule has 2 N–H and O–H groups in total. The highest BCUT2D eigenvalue weighted by Gasteiger charge is 1.99. The highest BCUT2D eigenvalue weighted by Crippen LogP contribution is 2.01. The lowest BCUT2D eigenvalue weighted by Crippen LogP contribution is -2.17. The summed E-state index contributed by atoms with van der Waals surface area (Å²) in [4.78, 5) is 4.32. The van der Waals surface area contributed by atoms with Crippen molar-refractivity contribution in [2.24, 2.45) is 0 Å². The molecule has 0 aliphatic rings. The minimum Gasteiger partial charge on any atom is -0.393 e. The van der Waals surface area contributed by atoms with Gasteiger partial charge in [0.15, 0.2) is 0 Å². The number of hydrogen-bond donors (Lipinski definition) is 2. The van der Waals surface area contributed by atoms with Crippen LogP contribution in [0.1, 0.15) is 37.4 Å². The van der Waals surface area contributed by atoms with Crippen LogP contribution in [0.4, 0.5) is 0 Å². The number of aryl methyl sites for hydroxylation is 1. The lowest BCUT2D eigenvalue weighted by Gasteiger charge is -2.08. The molecule has 1 unspecified atom stereocenters. The number of rotatable bonds is 7. The first kappa shape index (κ1) is 13.1. The number of aliphatic hydroxyl groups is 1. The molecule has 0 aliphatic heterocycles. The maximum atomic E-state index is 9.36. The Hall–Kier alpha value is -0.930. The third-order valence-corrected chi connectivity index (χ3v) is 2.64. The van der Waals surface area contributed by atoms with Gasteiger partial charge in [-0.3, -0.25) is 4.98 Å². The van der Waals surface area contributed by atoms with Crippen LogP contribution < -0.4 is 5.32 Å². The van der Waals surface area contributed by atoms with Crippen molar-refractivity contribution in [1.82, 2.24) is 10.3 Å². The molecule has 1 atom stereocenters. The molecule has 0 saturated heterocycles. The first-order valence-corrected chi connectivity index (χ1v) is 6.02. The monoisotopic (exact) mass is 222 g/mol. The number of nitrogens with one attached hydrogen (secondary N) is 1. The molecule has 0 spiro atoms. The summed E-state index contributed by atoms with van der Waals surface area (Å²) >= 11 is 0. The Labute approximate surface area is 97.9 Å². The third kappa shape index (κ3) is 5.24. The van der Waals surface area contributed by atoms with Crippen molar-refractivity contribution in [2.75, 3.05) is 6.54 Å². The van der Waals surface area contributed by atoms with Crippen molar-refractivity contribution < 1.29 is 5.11 Å². The Balaban J connectivity index is 2.09. The second-order valence-corrected chi connectivity index (χ2v) is 4.21. The van der Waals surface area contributed by atoms with E-state index in [1.807, 2.05) is 26.1 Å². The normalized spacial score (nSPS) is 12.7. The standard InChI is InChI=1S/C13H22N2O/c1-3-13(16)5-4-8-14-10-12-7-6-11(2)9-15-12/h6-7,9,13-14,16H,3-5,8,10H2,1-2H3. The number of hydrogen-bond acceptors (Lipinski definition) is 3. The Morgan fingerprint density at radius 3 is 2.88 bits per heavy atom. The van der Waals surface area contributed by atoms with Gasteiger partial charge < -0.3 is 10.4 Å². The maximum absolute atomic E-state index is 9.36. The SMILES string of the molecule is CCC(O)CCCNCc1ccc(C)cn1. The summed E-state index contributed by atoms with van der Waals surface area (Å²) in [6.07, 6.45) is 4.49. The lowest BCUT2D eigenvalue weighted by atomic mass is 10.1. The van der Waals surface area contributed by atoms with Crippen molar-refractivity contribution in [1.29, 1.82) is 0 Å². The lowest BCUT2D eigenvalue weighted by molar-refractivity contribution is 0.157. The molecule has 1 aromatic rings. The quantitative estimate of drug-likeness (QED) is 0.694. The first-order valence-electron chi connectivity index (χ1n) is 6.02. The zero-order chi connectivity index (χ0) is 11.8. The van der Waals surface area contributed by atoms with E-state index in [9.17, 15) is 5.11 Å². The van der Waals surface area contributed by atoms with Gasteiger partial charge in [-0.2, -0.15) is 0 Å². The minimum absolute atomic E-state index is 0.140. The Morgan fingerprint density at radius 2 is 2.25 bits per heavy atom. The van der Waals surface area contributed by atoms with Crippen molar-refractivity contribution in [3.05, 3.63) is 29.6 Å². The second-order valence-electron chi connectivity index (χ2n) is 4.21. The van der Waals surface area contributed by atoms with E-state index >= 15 is 0 Å². The van der Waals surface area contributed by atoms with Crippen LogP contribution in [0.3, 0.4) is 0 Å². The van der Waals surface area contributed by atoms with E-state index in [0.717, 1.165) is 38.0 Å². The van der Waals surface area contributed by atoms with Crippen molar-refractivity contribution in [3.8, 4) is 0 Å². The Kier molecular flexibility index (Phi) is 6.04. The van der Waals surface area contributed by atoms with Crippen molar-refractivity contribution >= 4 is 0 Å². The van der Waals surface area contributed by atoms with Gasteiger partial charge in [-0.15, -0.1) is 0 Å². The molecule has 3 heteroatoms. The molecule has 0 saturated carbocycles. The molecule has 1 heterocycles. The zero-order valence-electron chi connectivity index (χ0n) is 10.2. The third-order valence-electron chi connectivity index (χ3n) is 2.64. The molecule has 0 bridgehead atoms. The van der Waals surface area contributed by atoms with Gasteiger partial charge >= 0.3 is 0 Å². The van der Waals surface area contributed by atoms with Gasteiger partial charge in [0.2, 0.25) is 0 Å². The van der Waals surface area contributed by atoms with Gasteiger partial charge in [0.25, 0.3) is 0 Å². The van der Waals surface area contributed by atoms with Gasteiger partial charge in [0.05, 0.1) is 11.8 Å².